The van der Waals surface area contributed by atoms with Gasteiger partial charge in [-0.1, -0.05) is 17.7 Å². The molecule has 3 N–H and O–H groups in total. The molecule has 0 aromatic heterocycles. The molecule has 27 heavy (non-hydrogen) atoms. The molecule has 0 amide bonds. The first-order valence-corrected chi connectivity index (χ1v) is 7.13. The number of aliphatic hydroxyl groups is 2. The van der Waals surface area contributed by atoms with E-state index >= 15 is 0 Å². The van der Waals surface area contributed by atoms with E-state index in [9.17, 15) is 49.7 Å². The molecule has 154 valence electrons. The summed E-state index contributed by atoms with van der Waals surface area (Å²) in [5.41, 5.74) is -10.8. The van der Waals surface area contributed by atoms with Gasteiger partial charge >= 0.3 is 18.5 Å². The SMILES string of the molecule is CC(O)(CC(CC(O)(C(F)(F)F)C(F)(F)F)=C1C=CC(=N)C=C1)C(F)(F)F. The molecule has 1 atom stereocenters. The third kappa shape index (κ3) is 4.92. The highest BCUT2D eigenvalue weighted by Crippen LogP contribution is 2.49. The maximum absolute atomic E-state index is 12.9. The second-order valence-corrected chi connectivity index (χ2v) is 6.16. The molecule has 0 aromatic rings. The van der Waals surface area contributed by atoms with Gasteiger partial charge in [-0.15, -0.1) is 0 Å². The molecule has 0 radical (unpaired) electrons. The second-order valence-electron chi connectivity index (χ2n) is 6.16. The average molecular weight is 411 g/mol. The van der Waals surface area contributed by atoms with Crippen LogP contribution in [0.5, 0.6) is 0 Å². The van der Waals surface area contributed by atoms with Gasteiger partial charge in [0.25, 0.3) is 5.60 Å². The van der Waals surface area contributed by atoms with E-state index < -0.39 is 53.7 Å². The van der Waals surface area contributed by atoms with Crippen molar-refractivity contribution < 1.29 is 49.7 Å². The van der Waals surface area contributed by atoms with Gasteiger partial charge in [-0.05, 0) is 24.6 Å². The van der Waals surface area contributed by atoms with Crippen LogP contribution in [0.4, 0.5) is 39.5 Å². The summed E-state index contributed by atoms with van der Waals surface area (Å²) in [4.78, 5) is 0. The Morgan fingerprint density at radius 3 is 1.52 bits per heavy atom. The molecule has 3 nitrogen and oxygen atoms in total. The lowest BCUT2D eigenvalue weighted by Gasteiger charge is -2.35. The molecule has 1 aliphatic carbocycles. The van der Waals surface area contributed by atoms with Crippen molar-refractivity contribution in [3.63, 3.8) is 0 Å². The van der Waals surface area contributed by atoms with Crippen LogP contribution in [0.2, 0.25) is 0 Å². The molecule has 0 aromatic carbocycles. The van der Waals surface area contributed by atoms with Crippen molar-refractivity contribution >= 4 is 5.71 Å². The van der Waals surface area contributed by atoms with Gasteiger partial charge in [0.2, 0.25) is 0 Å². The van der Waals surface area contributed by atoms with E-state index in [0.29, 0.717) is 0 Å². The Hall–Kier alpha value is -1.82. The van der Waals surface area contributed by atoms with Crippen LogP contribution in [-0.2, 0) is 0 Å². The summed E-state index contributed by atoms with van der Waals surface area (Å²) in [6.45, 7) is 0.187. The van der Waals surface area contributed by atoms with Gasteiger partial charge in [0.05, 0.1) is 5.71 Å². The maximum atomic E-state index is 12.9. The lowest BCUT2D eigenvalue weighted by Crippen LogP contribution is -2.57. The zero-order valence-corrected chi connectivity index (χ0v) is 13.5. The summed E-state index contributed by atoms with van der Waals surface area (Å²) < 4.78 is 116. The van der Waals surface area contributed by atoms with Gasteiger partial charge in [0.15, 0.2) is 5.60 Å². The van der Waals surface area contributed by atoms with Crippen molar-refractivity contribution in [2.75, 3.05) is 0 Å². The topological polar surface area (TPSA) is 64.3 Å². The van der Waals surface area contributed by atoms with E-state index in [0.717, 1.165) is 24.3 Å². The molecular formula is C15H14F9NO2. The van der Waals surface area contributed by atoms with Crippen molar-refractivity contribution in [1.29, 1.82) is 5.41 Å². The van der Waals surface area contributed by atoms with E-state index in [4.69, 9.17) is 5.41 Å². The third-order valence-electron chi connectivity index (χ3n) is 3.87. The highest BCUT2D eigenvalue weighted by atomic mass is 19.4. The Kier molecular flexibility index (Phi) is 5.99. The van der Waals surface area contributed by atoms with Gasteiger partial charge in [-0.25, -0.2) is 0 Å². The van der Waals surface area contributed by atoms with E-state index in [1.54, 1.807) is 0 Å². The zero-order chi connectivity index (χ0) is 21.5. The van der Waals surface area contributed by atoms with Crippen LogP contribution in [0.3, 0.4) is 0 Å². The molecule has 0 aliphatic heterocycles. The van der Waals surface area contributed by atoms with E-state index in [2.05, 4.69) is 0 Å². The lowest BCUT2D eigenvalue weighted by molar-refractivity contribution is -0.367. The smallest absolute Gasteiger partial charge is 0.380 e. The molecule has 1 unspecified atom stereocenters. The summed E-state index contributed by atoms with van der Waals surface area (Å²) in [5.74, 6) is 0. The minimum atomic E-state index is -6.24. The standard InChI is InChI=1S/C15H14F9NO2/c1-11(26,13(16,17)18)6-9(8-2-4-10(25)5-3-8)7-12(27,14(19,20)21)15(22,23)24/h2-5,25-27H,6-7H2,1H3. The summed E-state index contributed by atoms with van der Waals surface area (Å²) in [6.07, 6.45) is -18.2. The molecule has 0 fully saturated rings. The van der Waals surface area contributed by atoms with Crippen LogP contribution in [-0.4, -0.2) is 45.7 Å². The Labute approximate surface area is 147 Å². The normalized spacial score (nSPS) is 18.7. The fraction of sp³-hybridized carbons (Fsp3) is 0.533. The minimum absolute atomic E-state index is 0.187. The quantitative estimate of drug-likeness (QED) is 0.602. The average Bonchev–Trinajstić information content (AvgIpc) is 2.43. The fourth-order valence-electron chi connectivity index (χ4n) is 2.16. The Balaban J connectivity index is 3.53. The maximum Gasteiger partial charge on any atom is 0.426 e. The van der Waals surface area contributed by atoms with Crippen LogP contribution >= 0.6 is 0 Å². The van der Waals surface area contributed by atoms with Crippen molar-refractivity contribution in [3.05, 3.63) is 35.5 Å². The Morgan fingerprint density at radius 1 is 0.778 bits per heavy atom. The van der Waals surface area contributed by atoms with Crippen LogP contribution < -0.4 is 0 Å². The Bertz CT molecular complexity index is 647. The van der Waals surface area contributed by atoms with Crippen LogP contribution in [0, 0.1) is 5.41 Å². The number of allylic oxidation sites excluding steroid dienone is 5. The van der Waals surface area contributed by atoms with Crippen LogP contribution in [0.15, 0.2) is 35.5 Å². The van der Waals surface area contributed by atoms with Crippen molar-refractivity contribution in [3.8, 4) is 0 Å². The highest BCUT2D eigenvalue weighted by Gasteiger charge is 2.70. The molecule has 0 bridgehead atoms. The van der Waals surface area contributed by atoms with Gasteiger partial charge in [0, 0.05) is 12.8 Å². The Morgan fingerprint density at radius 2 is 1.19 bits per heavy atom. The molecule has 1 aliphatic rings. The predicted octanol–water partition coefficient (Wildman–Crippen LogP) is 4.38. The van der Waals surface area contributed by atoms with E-state index in [1.165, 1.54) is 0 Å². The number of rotatable bonds is 4. The number of hydrogen-bond acceptors (Lipinski definition) is 3. The molecule has 0 saturated carbocycles. The van der Waals surface area contributed by atoms with Crippen molar-refractivity contribution in [2.24, 2.45) is 0 Å². The largest absolute Gasteiger partial charge is 0.426 e. The summed E-state index contributed by atoms with van der Waals surface area (Å²) in [6, 6.07) is 0. The molecule has 1 rings (SSSR count). The van der Waals surface area contributed by atoms with Crippen molar-refractivity contribution in [1.82, 2.24) is 0 Å². The highest BCUT2D eigenvalue weighted by molar-refractivity contribution is 6.03. The predicted molar refractivity (Wildman–Crippen MR) is 76.0 cm³/mol. The number of halogens is 9. The molecule has 0 saturated heterocycles. The second kappa shape index (κ2) is 6.97. The van der Waals surface area contributed by atoms with Gasteiger partial charge in [-0.2, -0.15) is 39.5 Å². The lowest BCUT2D eigenvalue weighted by atomic mass is 9.83. The summed E-state index contributed by atoms with van der Waals surface area (Å²) in [7, 11) is 0. The molecule has 12 heteroatoms. The van der Waals surface area contributed by atoms with E-state index in [1.807, 2.05) is 0 Å². The summed E-state index contributed by atoms with van der Waals surface area (Å²) in [5, 5.41) is 26.1. The molecule has 0 spiro atoms. The minimum Gasteiger partial charge on any atom is -0.380 e. The first-order valence-electron chi connectivity index (χ1n) is 7.13. The van der Waals surface area contributed by atoms with Gasteiger partial charge in [-0.3, -0.25) is 0 Å². The molecule has 0 heterocycles. The first kappa shape index (κ1) is 23.2. The van der Waals surface area contributed by atoms with Gasteiger partial charge in [0.1, 0.15) is 0 Å². The van der Waals surface area contributed by atoms with Crippen LogP contribution in [0.1, 0.15) is 19.8 Å². The van der Waals surface area contributed by atoms with Gasteiger partial charge < -0.3 is 15.6 Å². The zero-order valence-electron chi connectivity index (χ0n) is 13.5. The summed E-state index contributed by atoms with van der Waals surface area (Å²) >= 11 is 0. The fourth-order valence-corrected chi connectivity index (χ4v) is 2.16. The number of nitrogens with one attached hydrogen (secondary N) is 1. The number of alkyl halides is 9. The third-order valence-corrected chi connectivity index (χ3v) is 3.87. The number of hydrogen-bond donors (Lipinski definition) is 3. The van der Waals surface area contributed by atoms with E-state index in [-0.39, 0.29) is 12.6 Å². The monoisotopic (exact) mass is 411 g/mol. The first-order chi connectivity index (χ1) is 11.8. The molecular weight excluding hydrogens is 397 g/mol. The van der Waals surface area contributed by atoms with Crippen molar-refractivity contribution in [2.45, 2.75) is 49.5 Å². The van der Waals surface area contributed by atoms with Crippen LogP contribution in [0.25, 0.3) is 0 Å².